The van der Waals surface area contributed by atoms with Crippen molar-refractivity contribution in [3.8, 4) is 0 Å². The summed E-state index contributed by atoms with van der Waals surface area (Å²) in [6.45, 7) is 11.1. The molecule has 6 rings (SSSR count). The third-order valence-electron chi connectivity index (χ3n) is 6.34. The van der Waals surface area contributed by atoms with Crippen molar-refractivity contribution in [1.29, 1.82) is 0 Å². The molecule has 3 aromatic carbocycles. The number of hydrogen-bond donors (Lipinski definition) is 1. The van der Waals surface area contributed by atoms with Gasteiger partial charge in [0.25, 0.3) is 0 Å². The molecule has 6 heteroatoms. The molecule has 0 aliphatic heterocycles. The fraction of sp³-hybridized carbons (Fsp3) is 0.250. The van der Waals surface area contributed by atoms with Crippen LogP contribution in [0.4, 0.5) is 0 Å². The maximum atomic E-state index is 11.5. The SMILES string of the molecule is CC(C)(C)C(=O)/C=C(\O)C(C)(C)C.[Ir].[c-]1ccc2oc3cccc4sc5cc6ccccc6nc5c1c2c34. The zero-order valence-corrected chi connectivity index (χ0v) is 25.5. The molecule has 0 spiro atoms. The summed E-state index contributed by atoms with van der Waals surface area (Å²) in [4.78, 5) is 16.4. The van der Waals surface area contributed by atoms with E-state index in [4.69, 9.17) is 9.40 Å². The molecule has 0 aliphatic carbocycles. The van der Waals surface area contributed by atoms with Gasteiger partial charge in [-0.2, -0.15) is 0 Å². The van der Waals surface area contributed by atoms with E-state index >= 15 is 0 Å². The van der Waals surface area contributed by atoms with Crippen LogP contribution in [-0.4, -0.2) is 15.9 Å². The Bertz CT molecular complexity index is 1830. The number of ketones is 1. The number of fused-ring (bicyclic) bond motifs is 3. The van der Waals surface area contributed by atoms with Crippen LogP contribution < -0.4 is 0 Å². The number of furan rings is 1. The largest absolute Gasteiger partial charge is 0.512 e. The number of para-hydroxylation sites is 1. The second kappa shape index (κ2) is 10.3. The number of hydrogen-bond acceptors (Lipinski definition) is 5. The number of rotatable bonds is 1. The van der Waals surface area contributed by atoms with Gasteiger partial charge >= 0.3 is 0 Å². The van der Waals surface area contributed by atoms with Crippen molar-refractivity contribution in [1.82, 2.24) is 4.98 Å². The Labute approximate surface area is 239 Å². The van der Waals surface area contributed by atoms with E-state index in [0.29, 0.717) is 0 Å². The van der Waals surface area contributed by atoms with Crippen molar-refractivity contribution in [3.05, 3.63) is 78.6 Å². The Morgan fingerprint density at radius 1 is 0.921 bits per heavy atom. The van der Waals surface area contributed by atoms with Crippen LogP contribution in [0.25, 0.3) is 53.1 Å². The average molecular weight is 701 g/mol. The van der Waals surface area contributed by atoms with Gasteiger partial charge in [-0.05, 0) is 29.7 Å². The molecule has 6 aromatic rings. The van der Waals surface area contributed by atoms with Crippen molar-refractivity contribution in [2.45, 2.75) is 41.5 Å². The van der Waals surface area contributed by atoms with Gasteiger partial charge in [0.2, 0.25) is 0 Å². The van der Waals surface area contributed by atoms with Crippen LogP contribution in [0.5, 0.6) is 0 Å². The minimum atomic E-state index is -0.417. The van der Waals surface area contributed by atoms with Crippen molar-refractivity contribution in [3.63, 3.8) is 0 Å². The molecule has 0 unspecified atom stereocenters. The van der Waals surface area contributed by atoms with Crippen LogP contribution in [0.15, 0.2) is 76.9 Å². The van der Waals surface area contributed by atoms with Crippen LogP contribution in [0.1, 0.15) is 41.5 Å². The summed E-state index contributed by atoms with van der Waals surface area (Å²) in [6, 6.07) is 24.0. The Morgan fingerprint density at radius 3 is 2.34 bits per heavy atom. The van der Waals surface area contributed by atoms with E-state index in [1.54, 1.807) is 11.3 Å². The molecule has 197 valence electrons. The van der Waals surface area contributed by atoms with Gasteiger partial charge in [0.15, 0.2) is 5.78 Å². The van der Waals surface area contributed by atoms with Gasteiger partial charge in [0, 0.05) is 57.3 Å². The van der Waals surface area contributed by atoms with E-state index in [1.165, 1.54) is 20.9 Å². The zero-order valence-electron chi connectivity index (χ0n) is 22.3. The van der Waals surface area contributed by atoms with Gasteiger partial charge in [-0.1, -0.05) is 77.3 Å². The third kappa shape index (κ3) is 5.26. The molecule has 0 atom stereocenters. The number of benzene rings is 3. The van der Waals surface area contributed by atoms with Crippen molar-refractivity contribution in [2.75, 3.05) is 0 Å². The molecular formula is C32H30IrNO3S-. The first-order valence-corrected chi connectivity index (χ1v) is 13.1. The Balaban J connectivity index is 0.000000209. The summed E-state index contributed by atoms with van der Waals surface area (Å²) in [5.74, 6) is 0.104. The van der Waals surface area contributed by atoms with Gasteiger partial charge in [-0.15, -0.1) is 28.9 Å². The number of aliphatic hydroxyl groups excluding tert-OH is 1. The van der Waals surface area contributed by atoms with Crippen LogP contribution in [0, 0.1) is 16.9 Å². The van der Waals surface area contributed by atoms with E-state index in [0.717, 1.165) is 38.4 Å². The fourth-order valence-corrected chi connectivity index (χ4v) is 5.19. The molecule has 3 heterocycles. The number of aliphatic hydroxyl groups is 1. The molecular weight excluding hydrogens is 671 g/mol. The molecule has 38 heavy (non-hydrogen) atoms. The minimum absolute atomic E-state index is 0. The summed E-state index contributed by atoms with van der Waals surface area (Å²) in [5, 5.41) is 14.0. The van der Waals surface area contributed by atoms with Crippen LogP contribution in [0.3, 0.4) is 0 Å². The predicted molar refractivity (Wildman–Crippen MR) is 155 cm³/mol. The average Bonchev–Trinajstić information content (AvgIpc) is 3.16. The van der Waals surface area contributed by atoms with Gasteiger partial charge in [0.05, 0.1) is 11.1 Å². The molecule has 0 fully saturated rings. The van der Waals surface area contributed by atoms with Gasteiger partial charge in [0.1, 0.15) is 11.3 Å². The molecule has 1 N–H and O–H groups in total. The number of aromatic nitrogens is 1. The smallest absolute Gasteiger partial charge is 0.164 e. The second-order valence-corrected chi connectivity index (χ2v) is 12.4. The van der Waals surface area contributed by atoms with Crippen LogP contribution in [0.2, 0.25) is 0 Å². The first-order valence-electron chi connectivity index (χ1n) is 12.3. The van der Waals surface area contributed by atoms with E-state index in [9.17, 15) is 9.90 Å². The number of pyridine rings is 1. The first kappa shape index (κ1) is 28.0. The molecule has 0 saturated heterocycles. The third-order valence-corrected chi connectivity index (χ3v) is 7.43. The van der Waals surface area contributed by atoms with Crippen LogP contribution >= 0.6 is 11.3 Å². The van der Waals surface area contributed by atoms with Crippen molar-refractivity contribution in [2.24, 2.45) is 10.8 Å². The monoisotopic (exact) mass is 701 g/mol. The van der Waals surface area contributed by atoms with E-state index in [1.807, 2.05) is 65.8 Å². The maximum absolute atomic E-state index is 11.5. The second-order valence-electron chi connectivity index (χ2n) is 11.3. The number of carbonyl (C=O) groups excluding carboxylic acids is 1. The first-order chi connectivity index (χ1) is 17.4. The maximum Gasteiger partial charge on any atom is 0.164 e. The summed E-state index contributed by atoms with van der Waals surface area (Å²) in [6.07, 6.45) is 1.33. The zero-order chi connectivity index (χ0) is 26.5. The fourth-order valence-electron chi connectivity index (χ4n) is 4.07. The van der Waals surface area contributed by atoms with Crippen molar-refractivity contribution < 1.29 is 34.4 Å². The molecule has 3 aromatic heterocycles. The molecule has 0 amide bonds. The summed E-state index contributed by atoms with van der Waals surface area (Å²) < 4.78 is 8.43. The molecule has 4 nitrogen and oxygen atoms in total. The number of nitrogens with zero attached hydrogens (tertiary/aromatic N) is 1. The van der Waals surface area contributed by atoms with Gasteiger partial charge < -0.3 is 9.52 Å². The molecule has 0 saturated carbocycles. The Kier molecular flexibility index (Phi) is 7.55. The van der Waals surface area contributed by atoms with Crippen molar-refractivity contribution >= 4 is 70.3 Å². The number of allylic oxidation sites excluding steroid dienone is 2. The summed E-state index contributed by atoms with van der Waals surface area (Å²) in [5.41, 5.74) is 3.05. The summed E-state index contributed by atoms with van der Waals surface area (Å²) in [7, 11) is 0. The van der Waals surface area contributed by atoms with E-state index in [-0.39, 0.29) is 37.1 Å². The minimum Gasteiger partial charge on any atom is -0.512 e. The predicted octanol–water partition coefficient (Wildman–Crippen LogP) is 9.39. The molecule has 0 aliphatic rings. The van der Waals surface area contributed by atoms with Gasteiger partial charge in [-0.3, -0.25) is 9.78 Å². The van der Waals surface area contributed by atoms with Gasteiger partial charge in [-0.25, -0.2) is 0 Å². The van der Waals surface area contributed by atoms with E-state index in [2.05, 4.69) is 42.5 Å². The topological polar surface area (TPSA) is 63.3 Å². The molecule has 1 radical (unpaired) electrons. The van der Waals surface area contributed by atoms with Crippen LogP contribution in [-0.2, 0) is 24.9 Å². The Morgan fingerprint density at radius 2 is 1.63 bits per heavy atom. The van der Waals surface area contributed by atoms with E-state index < -0.39 is 5.41 Å². The Hall–Kier alpha value is -3.05. The summed E-state index contributed by atoms with van der Waals surface area (Å²) >= 11 is 1.76. The number of carbonyl (C=O) groups is 1. The molecule has 0 bridgehead atoms. The normalized spacial score (nSPS) is 12.6. The standard InChI is InChI=1S/C21H10NOS.C11H20O2.Ir/c1-2-7-14-12(5-1)11-18-21(22-14)13-6-3-8-15-19(13)20-16(23-15)9-4-10-17(20)24-18;1-10(2,3)8(12)7-9(13)11(4,5)6;/h1-5,7-11H;7,12H,1-6H3;/q-1;;/b;8-7-;. The quantitative estimate of drug-likeness (QED) is 0.106.